The van der Waals surface area contributed by atoms with Crippen LogP contribution >= 0.6 is 0 Å². The number of nitrogens with zero attached hydrogens (tertiary/aromatic N) is 2. The molecule has 0 atom stereocenters. The number of amides is 1. The van der Waals surface area contributed by atoms with Gasteiger partial charge >= 0.3 is 0 Å². The van der Waals surface area contributed by atoms with E-state index in [0.717, 1.165) is 12.8 Å². The summed E-state index contributed by atoms with van der Waals surface area (Å²) in [7, 11) is 0. The van der Waals surface area contributed by atoms with E-state index in [1.807, 2.05) is 0 Å². The number of nitrogens with two attached hydrogens (primary N) is 1. The first-order chi connectivity index (χ1) is 7.72. The van der Waals surface area contributed by atoms with Crippen molar-refractivity contribution in [1.29, 1.82) is 0 Å². The zero-order chi connectivity index (χ0) is 11.8. The molecule has 0 aliphatic heterocycles. The largest absolute Gasteiger partial charge is 0.356 e. The monoisotopic (exact) mass is 226 g/mol. The van der Waals surface area contributed by atoms with Gasteiger partial charge in [-0.25, -0.2) is 0 Å². The van der Waals surface area contributed by atoms with Crippen LogP contribution in [0.4, 0.5) is 0 Å². The van der Waals surface area contributed by atoms with Gasteiger partial charge in [-0.3, -0.25) is 4.79 Å². The summed E-state index contributed by atoms with van der Waals surface area (Å²) >= 11 is 0. The summed E-state index contributed by atoms with van der Waals surface area (Å²) in [5, 5.41) is 6.53. The molecule has 3 N–H and O–H groups in total. The fourth-order valence-corrected chi connectivity index (χ4v) is 1.27. The highest BCUT2D eigenvalue weighted by Crippen LogP contribution is 1.96. The minimum atomic E-state index is 0.0497. The van der Waals surface area contributed by atoms with Crippen LogP contribution in [0.3, 0.4) is 0 Å². The van der Waals surface area contributed by atoms with E-state index in [1.54, 1.807) is 6.92 Å². The molecular weight excluding hydrogens is 208 g/mol. The maximum Gasteiger partial charge on any atom is 0.223 e. The molecular formula is C10H18N4O2. The zero-order valence-electron chi connectivity index (χ0n) is 9.53. The van der Waals surface area contributed by atoms with Crippen molar-refractivity contribution in [2.75, 3.05) is 13.1 Å². The number of unbranched alkanes of at least 4 members (excludes halogenated alkanes) is 1. The van der Waals surface area contributed by atoms with Crippen molar-refractivity contribution in [1.82, 2.24) is 15.5 Å². The van der Waals surface area contributed by atoms with Crippen LogP contribution in [0.5, 0.6) is 0 Å². The number of nitrogens with one attached hydrogen (secondary N) is 1. The van der Waals surface area contributed by atoms with Gasteiger partial charge in [-0.15, -0.1) is 0 Å². The van der Waals surface area contributed by atoms with Crippen molar-refractivity contribution in [3.8, 4) is 0 Å². The van der Waals surface area contributed by atoms with E-state index < -0.39 is 0 Å². The summed E-state index contributed by atoms with van der Waals surface area (Å²) in [5.41, 5.74) is 5.33. The third kappa shape index (κ3) is 4.88. The molecule has 0 aliphatic rings. The fraction of sp³-hybridized carbons (Fsp3) is 0.700. The van der Waals surface area contributed by atoms with Crippen molar-refractivity contribution >= 4 is 5.91 Å². The average molecular weight is 226 g/mol. The lowest BCUT2D eigenvalue weighted by Crippen LogP contribution is -2.25. The van der Waals surface area contributed by atoms with Gasteiger partial charge in [-0.2, -0.15) is 4.98 Å². The van der Waals surface area contributed by atoms with Crippen LogP contribution in [-0.2, 0) is 11.2 Å². The number of aromatic nitrogens is 2. The summed E-state index contributed by atoms with van der Waals surface area (Å²) in [6.45, 7) is 2.91. The quantitative estimate of drug-likeness (QED) is 0.646. The first-order valence-electron chi connectivity index (χ1n) is 5.48. The van der Waals surface area contributed by atoms with Crippen LogP contribution in [0.15, 0.2) is 4.52 Å². The molecule has 90 valence electrons. The fourth-order valence-electron chi connectivity index (χ4n) is 1.27. The highest BCUT2D eigenvalue weighted by Gasteiger charge is 2.03. The molecule has 0 radical (unpaired) electrons. The lowest BCUT2D eigenvalue weighted by Gasteiger charge is -2.02. The molecule has 16 heavy (non-hydrogen) atoms. The molecule has 0 aliphatic carbocycles. The van der Waals surface area contributed by atoms with E-state index in [1.165, 1.54) is 0 Å². The minimum Gasteiger partial charge on any atom is -0.356 e. The Kier molecular flexibility index (Phi) is 5.49. The van der Waals surface area contributed by atoms with Crippen LogP contribution in [0.25, 0.3) is 0 Å². The number of hydrogen-bond acceptors (Lipinski definition) is 5. The molecule has 0 spiro atoms. The molecule has 0 aromatic carbocycles. The van der Waals surface area contributed by atoms with Crippen LogP contribution in [0.2, 0.25) is 0 Å². The summed E-state index contributed by atoms with van der Waals surface area (Å²) < 4.78 is 4.81. The van der Waals surface area contributed by atoms with Gasteiger partial charge in [0, 0.05) is 26.3 Å². The summed E-state index contributed by atoms with van der Waals surface area (Å²) in [4.78, 5) is 15.3. The number of rotatable bonds is 7. The highest BCUT2D eigenvalue weighted by molar-refractivity contribution is 5.75. The molecule has 1 aromatic heterocycles. The highest BCUT2D eigenvalue weighted by atomic mass is 16.5. The minimum absolute atomic E-state index is 0.0497. The van der Waals surface area contributed by atoms with Crippen molar-refractivity contribution in [2.45, 2.75) is 32.6 Å². The van der Waals surface area contributed by atoms with Crippen LogP contribution in [0.1, 0.15) is 31.0 Å². The number of aryl methyl sites for hydroxylation is 1. The van der Waals surface area contributed by atoms with Gasteiger partial charge in [-0.1, -0.05) is 5.16 Å². The number of carbonyl (C=O) groups excluding carboxylic acids is 1. The molecule has 0 fully saturated rings. The molecule has 6 heteroatoms. The SMILES string of the molecule is Cc1nc(CCNC(=O)CCCCN)no1. The Balaban J connectivity index is 2.08. The second-order valence-corrected chi connectivity index (χ2v) is 3.58. The van der Waals surface area contributed by atoms with Gasteiger partial charge in [0.15, 0.2) is 5.82 Å². The summed E-state index contributed by atoms with van der Waals surface area (Å²) in [5.74, 6) is 1.22. The van der Waals surface area contributed by atoms with Crippen LogP contribution in [0, 0.1) is 6.92 Å². The van der Waals surface area contributed by atoms with Gasteiger partial charge < -0.3 is 15.6 Å². The van der Waals surface area contributed by atoms with E-state index >= 15 is 0 Å². The maximum atomic E-state index is 11.3. The second-order valence-electron chi connectivity index (χ2n) is 3.58. The Labute approximate surface area is 94.6 Å². The molecule has 0 saturated carbocycles. The topological polar surface area (TPSA) is 94.0 Å². The molecule has 6 nitrogen and oxygen atoms in total. The molecule has 0 bridgehead atoms. The Morgan fingerprint density at radius 2 is 2.31 bits per heavy atom. The van der Waals surface area contributed by atoms with Crippen molar-refractivity contribution < 1.29 is 9.32 Å². The van der Waals surface area contributed by atoms with Crippen LogP contribution < -0.4 is 11.1 Å². The van der Waals surface area contributed by atoms with E-state index in [-0.39, 0.29) is 5.91 Å². The molecule has 1 amide bonds. The van der Waals surface area contributed by atoms with E-state index in [9.17, 15) is 4.79 Å². The molecule has 0 unspecified atom stereocenters. The lowest BCUT2D eigenvalue weighted by molar-refractivity contribution is -0.121. The van der Waals surface area contributed by atoms with Gasteiger partial charge in [0.25, 0.3) is 0 Å². The Bertz CT molecular complexity index is 324. The van der Waals surface area contributed by atoms with Crippen LogP contribution in [-0.4, -0.2) is 29.1 Å². The third-order valence-electron chi connectivity index (χ3n) is 2.10. The van der Waals surface area contributed by atoms with Gasteiger partial charge in [-0.05, 0) is 19.4 Å². The smallest absolute Gasteiger partial charge is 0.223 e. The average Bonchev–Trinajstić information content (AvgIpc) is 2.65. The first kappa shape index (κ1) is 12.6. The molecule has 0 saturated heterocycles. The zero-order valence-corrected chi connectivity index (χ0v) is 9.53. The van der Waals surface area contributed by atoms with Gasteiger partial charge in [0.05, 0.1) is 0 Å². The Morgan fingerprint density at radius 1 is 1.50 bits per heavy atom. The lowest BCUT2D eigenvalue weighted by atomic mass is 10.2. The van der Waals surface area contributed by atoms with Gasteiger partial charge in [0.2, 0.25) is 11.8 Å². The normalized spacial score (nSPS) is 10.4. The van der Waals surface area contributed by atoms with Crippen molar-refractivity contribution in [3.63, 3.8) is 0 Å². The predicted octanol–water partition coefficient (Wildman–Crippen LogP) is 0.166. The molecule has 1 rings (SSSR count). The standard InChI is InChI=1S/C10H18N4O2/c1-8-13-9(14-16-8)5-7-12-10(15)4-2-3-6-11/h2-7,11H2,1H3,(H,12,15). The predicted molar refractivity (Wildman–Crippen MR) is 58.7 cm³/mol. The number of carbonyl (C=O) groups is 1. The summed E-state index contributed by atoms with van der Waals surface area (Å²) in [6.07, 6.45) is 2.85. The number of hydrogen-bond donors (Lipinski definition) is 2. The Hall–Kier alpha value is -1.43. The van der Waals surface area contributed by atoms with Crippen molar-refractivity contribution in [3.05, 3.63) is 11.7 Å². The maximum absolute atomic E-state index is 11.3. The van der Waals surface area contributed by atoms with Gasteiger partial charge in [0.1, 0.15) is 0 Å². The third-order valence-corrected chi connectivity index (χ3v) is 2.10. The van der Waals surface area contributed by atoms with E-state index in [2.05, 4.69) is 15.5 Å². The summed E-state index contributed by atoms with van der Waals surface area (Å²) in [6, 6.07) is 0. The Morgan fingerprint density at radius 3 is 2.94 bits per heavy atom. The first-order valence-corrected chi connectivity index (χ1v) is 5.48. The van der Waals surface area contributed by atoms with E-state index in [4.69, 9.17) is 10.3 Å². The second kappa shape index (κ2) is 6.95. The molecule has 1 aromatic rings. The molecule has 1 heterocycles. The van der Waals surface area contributed by atoms with E-state index in [0.29, 0.717) is 37.6 Å². The van der Waals surface area contributed by atoms with Crippen molar-refractivity contribution in [2.24, 2.45) is 5.73 Å².